The van der Waals surface area contributed by atoms with E-state index in [0.29, 0.717) is 22.7 Å². The highest BCUT2D eigenvalue weighted by atomic mass is 19.2. The van der Waals surface area contributed by atoms with Gasteiger partial charge in [0.1, 0.15) is 17.1 Å². The molecule has 0 aliphatic carbocycles. The summed E-state index contributed by atoms with van der Waals surface area (Å²) in [5.41, 5.74) is 0.977. The summed E-state index contributed by atoms with van der Waals surface area (Å²) >= 11 is 0. The van der Waals surface area contributed by atoms with E-state index in [9.17, 15) is 18.4 Å². The first-order valence-corrected chi connectivity index (χ1v) is 10.9. The van der Waals surface area contributed by atoms with E-state index < -0.39 is 23.1 Å². The van der Waals surface area contributed by atoms with Crippen LogP contribution in [-0.4, -0.2) is 25.2 Å². The number of carbonyl (C=O) groups is 1. The van der Waals surface area contributed by atoms with Gasteiger partial charge in [0.2, 0.25) is 0 Å². The summed E-state index contributed by atoms with van der Waals surface area (Å²) < 4.78 is 35.7. The summed E-state index contributed by atoms with van der Waals surface area (Å²) in [6, 6.07) is 14.6. The van der Waals surface area contributed by atoms with Crippen LogP contribution in [-0.2, 0) is 7.05 Å². The smallest absolute Gasteiger partial charge is 0.276 e. The van der Waals surface area contributed by atoms with E-state index in [0.717, 1.165) is 27.8 Å². The number of aromatic nitrogens is 4. The van der Waals surface area contributed by atoms with Gasteiger partial charge >= 0.3 is 0 Å². The first-order chi connectivity index (χ1) is 17.3. The Balaban J connectivity index is 1.36. The van der Waals surface area contributed by atoms with Gasteiger partial charge in [-0.2, -0.15) is 9.78 Å². The predicted molar refractivity (Wildman–Crippen MR) is 130 cm³/mol. The zero-order valence-corrected chi connectivity index (χ0v) is 19.2. The fraction of sp³-hybridized carbons (Fsp3) is 0.0769. The highest BCUT2D eigenvalue weighted by Crippen LogP contribution is 2.29. The van der Waals surface area contributed by atoms with Crippen molar-refractivity contribution < 1.29 is 18.3 Å². The van der Waals surface area contributed by atoms with Crippen LogP contribution >= 0.6 is 0 Å². The third-order valence-corrected chi connectivity index (χ3v) is 5.55. The van der Waals surface area contributed by atoms with Crippen molar-refractivity contribution in [1.82, 2.24) is 19.3 Å². The molecule has 0 aliphatic rings. The normalized spacial score (nSPS) is 11.0. The molecule has 1 N–H and O–H groups in total. The number of nitrogens with zero attached hydrogens (tertiary/aromatic N) is 4. The maximum absolute atomic E-state index is 13.7. The van der Waals surface area contributed by atoms with Gasteiger partial charge in [-0.3, -0.25) is 9.59 Å². The Morgan fingerprint density at radius 2 is 1.78 bits per heavy atom. The molecule has 0 bridgehead atoms. The summed E-state index contributed by atoms with van der Waals surface area (Å²) in [6.45, 7) is 1.56. The second kappa shape index (κ2) is 9.06. The predicted octanol–water partition coefficient (Wildman–Crippen LogP) is 4.75. The third-order valence-electron chi connectivity index (χ3n) is 5.55. The van der Waals surface area contributed by atoms with E-state index in [-0.39, 0.29) is 11.4 Å². The number of hydrogen-bond donors (Lipinski definition) is 1. The SMILES string of the molecule is Cc1cc(=O)n(-c2ccc(F)c(F)c2)nc1C(=O)Nc1ccc(Oc2ccnc3c2ccn3C)cc1. The molecule has 3 aromatic heterocycles. The first kappa shape index (κ1) is 22.9. The highest BCUT2D eigenvalue weighted by Gasteiger charge is 2.16. The lowest BCUT2D eigenvalue weighted by Gasteiger charge is -2.11. The summed E-state index contributed by atoms with van der Waals surface area (Å²) in [6.07, 6.45) is 3.57. The van der Waals surface area contributed by atoms with Gasteiger partial charge in [0.25, 0.3) is 11.5 Å². The van der Waals surface area contributed by atoms with Crippen LogP contribution in [0.2, 0.25) is 0 Å². The maximum atomic E-state index is 13.7. The van der Waals surface area contributed by atoms with Crippen molar-refractivity contribution in [3.05, 3.63) is 106 Å². The van der Waals surface area contributed by atoms with Crippen LogP contribution in [0.15, 0.2) is 77.9 Å². The molecule has 180 valence electrons. The van der Waals surface area contributed by atoms with Gasteiger partial charge in [0.05, 0.1) is 11.1 Å². The number of pyridine rings is 1. The molecule has 1 amide bonds. The average molecular weight is 487 g/mol. The van der Waals surface area contributed by atoms with E-state index in [1.807, 2.05) is 23.9 Å². The van der Waals surface area contributed by atoms with Crippen molar-refractivity contribution in [1.29, 1.82) is 0 Å². The van der Waals surface area contributed by atoms with E-state index in [1.165, 1.54) is 12.1 Å². The number of nitrogens with one attached hydrogen (secondary N) is 1. The average Bonchev–Trinajstić information content (AvgIpc) is 3.24. The number of aryl methyl sites for hydroxylation is 2. The molecule has 0 fully saturated rings. The minimum Gasteiger partial charge on any atom is -0.457 e. The van der Waals surface area contributed by atoms with Crippen molar-refractivity contribution in [2.45, 2.75) is 6.92 Å². The molecule has 8 nitrogen and oxygen atoms in total. The minimum absolute atomic E-state index is 0.00177. The Hall–Kier alpha value is -4.86. The van der Waals surface area contributed by atoms with E-state index >= 15 is 0 Å². The number of anilines is 1. The molecule has 2 aromatic carbocycles. The molecule has 0 saturated carbocycles. The molecule has 0 unspecified atom stereocenters. The lowest BCUT2D eigenvalue weighted by atomic mass is 10.2. The minimum atomic E-state index is -1.13. The standard InChI is InChI=1S/C26H19F2N5O3/c1-15-13-23(34)33(17-5-8-20(27)21(28)14-17)31-24(15)26(35)30-16-3-6-18(7-4-16)36-22-9-11-29-25-19(22)10-12-32(25)2/h3-14H,1-2H3,(H,30,35). The summed E-state index contributed by atoms with van der Waals surface area (Å²) in [5, 5.41) is 7.68. The molecule has 0 radical (unpaired) electrons. The van der Waals surface area contributed by atoms with Crippen molar-refractivity contribution in [2.24, 2.45) is 7.05 Å². The molecule has 0 spiro atoms. The Labute approximate surface area is 203 Å². The fourth-order valence-electron chi connectivity index (χ4n) is 3.72. The number of halogens is 2. The molecule has 0 aliphatic heterocycles. The molecule has 0 atom stereocenters. The van der Waals surface area contributed by atoms with E-state index in [2.05, 4.69) is 15.4 Å². The number of ether oxygens (including phenoxy) is 1. The molecule has 0 saturated heterocycles. The maximum Gasteiger partial charge on any atom is 0.276 e. The molecule has 5 aromatic rings. The molecule has 3 heterocycles. The Kier molecular flexibility index (Phi) is 5.77. The van der Waals surface area contributed by atoms with Gasteiger partial charge in [0.15, 0.2) is 17.3 Å². The number of fused-ring (bicyclic) bond motifs is 1. The van der Waals surface area contributed by atoms with E-state index in [4.69, 9.17) is 4.74 Å². The molecule has 10 heteroatoms. The van der Waals surface area contributed by atoms with Gasteiger partial charge in [-0.05, 0) is 61.0 Å². The number of amides is 1. The topological polar surface area (TPSA) is 91.0 Å². The van der Waals surface area contributed by atoms with Gasteiger partial charge in [-0.25, -0.2) is 13.8 Å². The van der Waals surface area contributed by atoms with Crippen LogP contribution in [0, 0.1) is 18.6 Å². The van der Waals surface area contributed by atoms with Gasteiger partial charge in [-0.1, -0.05) is 0 Å². The van der Waals surface area contributed by atoms with Crippen LogP contribution in [0.1, 0.15) is 16.1 Å². The lowest BCUT2D eigenvalue weighted by Crippen LogP contribution is -2.26. The van der Waals surface area contributed by atoms with E-state index in [1.54, 1.807) is 43.5 Å². The summed E-state index contributed by atoms with van der Waals surface area (Å²) in [7, 11) is 1.90. The zero-order valence-electron chi connectivity index (χ0n) is 19.2. The monoisotopic (exact) mass is 487 g/mol. The third kappa shape index (κ3) is 4.31. The molecular formula is C26H19F2N5O3. The largest absolute Gasteiger partial charge is 0.457 e. The number of benzene rings is 2. The zero-order chi connectivity index (χ0) is 25.4. The second-order valence-corrected chi connectivity index (χ2v) is 8.08. The van der Waals surface area contributed by atoms with Crippen LogP contribution in [0.5, 0.6) is 11.5 Å². The Morgan fingerprint density at radius 1 is 1.00 bits per heavy atom. The van der Waals surface area contributed by atoms with Crippen LogP contribution in [0.3, 0.4) is 0 Å². The second-order valence-electron chi connectivity index (χ2n) is 8.08. The van der Waals surface area contributed by atoms with Gasteiger partial charge < -0.3 is 14.6 Å². The van der Waals surface area contributed by atoms with Crippen LogP contribution in [0.25, 0.3) is 16.7 Å². The quantitative estimate of drug-likeness (QED) is 0.386. The Bertz CT molecular complexity index is 1680. The van der Waals surface area contributed by atoms with Gasteiger partial charge in [-0.15, -0.1) is 0 Å². The number of hydrogen-bond acceptors (Lipinski definition) is 5. The van der Waals surface area contributed by atoms with Crippen molar-refractivity contribution in [3.8, 4) is 17.2 Å². The lowest BCUT2D eigenvalue weighted by molar-refractivity contribution is 0.102. The summed E-state index contributed by atoms with van der Waals surface area (Å²) in [4.78, 5) is 29.6. The molecule has 36 heavy (non-hydrogen) atoms. The summed E-state index contributed by atoms with van der Waals surface area (Å²) in [5.74, 6) is -1.55. The number of carbonyl (C=O) groups excluding carboxylic acids is 1. The fourth-order valence-corrected chi connectivity index (χ4v) is 3.72. The Morgan fingerprint density at radius 3 is 2.53 bits per heavy atom. The van der Waals surface area contributed by atoms with Gasteiger partial charge in [0, 0.05) is 37.3 Å². The number of rotatable bonds is 5. The van der Waals surface area contributed by atoms with Crippen molar-refractivity contribution in [3.63, 3.8) is 0 Å². The first-order valence-electron chi connectivity index (χ1n) is 10.9. The van der Waals surface area contributed by atoms with Crippen LogP contribution in [0.4, 0.5) is 14.5 Å². The molecular weight excluding hydrogens is 468 g/mol. The molecule has 5 rings (SSSR count). The van der Waals surface area contributed by atoms with Crippen molar-refractivity contribution in [2.75, 3.05) is 5.32 Å². The highest BCUT2D eigenvalue weighted by molar-refractivity contribution is 6.03. The van der Waals surface area contributed by atoms with Crippen molar-refractivity contribution >= 4 is 22.6 Å². The van der Waals surface area contributed by atoms with Crippen LogP contribution < -0.4 is 15.6 Å².